The highest BCUT2D eigenvalue weighted by Gasteiger charge is 2.35. The largest absolute Gasteiger partial charge is 0.339 e. The van der Waals surface area contributed by atoms with Gasteiger partial charge in [0.2, 0.25) is 17.6 Å². The fourth-order valence-corrected chi connectivity index (χ4v) is 3.14. The summed E-state index contributed by atoms with van der Waals surface area (Å²) >= 11 is 0. The minimum atomic E-state index is -0.0664. The van der Waals surface area contributed by atoms with Gasteiger partial charge in [-0.2, -0.15) is 4.98 Å². The zero-order valence-electron chi connectivity index (χ0n) is 14.1. The number of aryl methyl sites for hydroxylation is 1. The summed E-state index contributed by atoms with van der Waals surface area (Å²) in [4.78, 5) is 18.7. The Kier molecular flexibility index (Phi) is 4.06. The maximum absolute atomic E-state index is 12.4. The molecule has 3 aromatic rings. The molecule has 126 valence electrons. The molecule has 0 bridgehead atoms. The van der Waals surface area contributed by atoms with Crippen LogP contribution < -0.4 is 4.90 Å². The number of hydrogen-bond donors (Lipinski definition) is 0. The van der Waals surface area contributed by atoms with E-state index in [1.54, 1.807) is 4.90 Å². The van der Waals surface area contributed by atoms with Crippen molar-refractivity contribution in [3.63, 3.8) is 0 Å². The quantitative estimate of drug-likeness (QED) is 0.728. The third-order valence-electron chi connectivity index (χ3n) is 4.60. The summed E-state index contributed by atoms with van der Waals surface area (Å²) in [6, 6.07) is 17.8. The minimum absolute atomic E-state index is 0.0664. The van der Waals surface area contributed by atoms with Crippen molar-refractivity contribution in [3.05, 3.63) is 66.1 Å². The molecule has 0 aliphatic carbocycles. The zero-order valence-corrected chi connectivity index (χ0v) is 14.1. The van der Waals surface area contributed by atoms with Gasteiger partial charge in [0.05, 0.1) is 5.92 Å². The fourth-order valence-electron chi connectivity index (χ4n) is 3.14. The molecule has 25 heavy (non-hydrogen) atoms. The smallest absolute Gasteiger partial charge is 0.232 e. The van der Waals surface area contributed by atoms with Crippen molar-refractivity contribution in [1.82, 2.24) is 10.1 Å². The monoisotopic (exact) mass is 333 g/mol. The van der Waals surface area contributed by atoms with Crippen LogP contribution in [0.1, 0.15) is 30.7 Å². The van der Waals surface area contributed by atoms with Crippen molar-refractivity contribution in [2.24, 2.45) is 0 Å². The molecule has 0 saturated carbocycles. The van der Waals surface area contributed by atoms with E-state index in [4.69, 9.17) is 4.52 Å². The third-order valence-corrected chi connectivity index (χ3v) is 4.60. The molecule has 0 radical (unpaired) electrons. The normalized spacial score (nSPS) is 17.2. The van der Waals surface area contributed by atoms with Crippen LogP contribution in [0, 0.1) is 0 Å². The molecule has 5 heteroatoms. The van der Waals surface area contributed by atoms with Gasteiger partial charge >= 0.3 is 0 Å². The van der Waals surface area contributed by atoms with Crippen LogP contribution in [0.5, 0.6) is 0 Å². The summed E-state index contributed by atoms with van der Waals surface area (Å²) in [5, 5.41) is 4.06. The lowest BCUT2D eigenvalue weighted by Crippen LogP contribution is -2.24. The van der Waals surface area contributed by atoms with E-state index in [0.717, 1.165) is 17.7 Å². The highest BCUT2D eigenvalue weighted by molar-refractivity contribution is 5.96. The van der Waals surface area contributed by atoms with E-state index in [2.05, 4.69) is 29.2 Å². The van der Waals surface area contributed by atoms with Crippen LogP contribution in [0.3, 0.4) is 0 Å². The Labute approximate surface area is 146 Å². The number of nitrogens with zero attached hydrogens (tertiary/aromatic N) is 3. The lowest BCUT2D eigenvalue weighted by Gasteiger charge is -2.16. The average molecular weight is 333 g/mol. The van der Waals surface area contributed by atoms with E-state index < -0.39 is 0 Å². The molecule has 4 rings (SSSR count). The highest BCUT2D eigenvalue weighted by atomic mass is 16.5. The number of anilines is 1. The van der Waals surface area contributed by atoms with Crippen LogP contribution in [-0.4, -0.2) is 22.6 Å². The van der Waals surface area contributed by atoms with Gasteiger partial charge < -0.3 is 9.42 Å². The Morgan fingerprint density at radius 1 is 1.12 bits per heavy atom. The summed E-state index contributed by atoms with van der Waals surface area (Å²) in [5.41, 5.74) is 3.10. The van der Waals surface area contributed by atoms with E-state index in [9.17, 15) is 4.79 Å². The molecule has 1 amide bonds. The molecule has 1 saturated heterocycles. The van der Waals surface area contributed by atoms with Gasteiger partial charge in [-0.3, -0.25) is 4.79 Å². The molecule has 1 aromatic heterocycles. The molecule has 5 nitrogen and oxygen atoms in total. The number of rotatable bonds is 4. The first-order valence-corrected chi connectivity index (χ1v) is 8.53. The summed E-state index contributed by atoms with van der Waals surface area (Å²) in [6.07, 6.45) is 1.38. The van der Waals surface area contributed by atoms with Crippen LogP contribution in [0.4, 0.5) is 5.69 Å². The Balaban J connectivity index is 1.53. The summed E-state index contributed by atoms with van der Waals surface area (Å²) in [5.74, 6) is 1.12. The van der Waals surface area contributed by atoms with Crippen molar-refractivity contribution in [2.75, 3.05) is 11.4 Å². The van der Waals surface area contributed by atoms with Crippen molar-refractivity contribution in [1.29, 1.82) is 0 Å². The van der Waals surface area contributed by atoms with Crippen molar-refractivity contribution >= 4 is 11.6 Å². The molecule has 0 spiro atoms. The van der Waals surface area contributed by atoms with E-state index in [1.807, 2.05) is 42.5 Å². The molecular weight excluding hydrogens is 314 g/mol. The topological polar surface area (TPSA) is 59.2 Å². The second kappa shape index (κ2) is 6.51. The van der Waals surface area contributed by atoms with Gasteiger partial charge in [0, 0.05) is 24.2 Å². The lowest BCUT2D eigenvalue weighted by molar-refractivity contribution is -0.117. The summed E-state index contributed by atoms with van der Waals surface area (Å²) in [6.45, 7) is 2.69. The van der Waals surface area contributed by atoms with Gasteiger partial charge in [-0.15, -0.1) is 0 Å². The number of carbonyl (C=O) groups is 1. The molecule has 1 fully saturated rings. The SMILES string of the molecule is CCc1ccc(N2CC(c3nc(-c4ccccc4)no3)CC2=O)cc1. The predicted molar refractivity (Wildman–Crippen MR) is 95.3 cm³/mol. The standard InChI is InChI=1S/C20H19N3O2/c1-2-14-8-10-17(11-9-14)23-13-16(12-18(23)24)20-21-19(22-25-20)15-6-4-3-5-7-15/h3-11,16H,2,12-13H2,1H3. The lowest BCUT2D eigenvalue weighted by atomic mass is 10.1. The van der Waals surface area contributed by atoms with Crippen molar-refractivity contribution in [2.45, 2.75) is 25.7 Å². The maximum Gasteiger partial charge on any atom is 0.232 e. The maximum atomic E-state index is 12.4. The fraction of sp³-hybridized carbons (Fsp3) is 0.250. The van der Waals surface area contributed by atoms with E-state index in [-0.39, 0.29) is 11.8 Å². The Hall–Kier alpha value is -2.95. The number of amides is 1. The van der Waals surface area contributed by atoms with Gasteiger partial charge in [-0.25, -0.2) is 0 Å². The molecule has 1 aliphatic heterocycles. The van der Waals surface area contributed by atoms with E-state index >= 15 is 0 Å². The summed E-state index contributed by atoms with van der Waals surface area (Å²) in [7, 11) is 0. The van der Waals surface area contributed by atoms with Crippen LogP contribution in [-0.2, 0) is 11.2 Å². The second-order valence-corrected chi connectivity index (χ2v) is 6.25. The molecule has 1 unspecified atom stereocenters. The van der Waals surface area contributed by atoms with Crippen molar-refractivity contribution < 1.29 is 9.32 Å². The summed E-state index contributed by atoms with van der Waals surface area (Å²) < 4.78 is 5.43. The number of benzene rings is 2. The first-order valence-electron chi connectivity index (χ1n) is 8.53. The number of aromatic nitrogens is 2. The molecule has 2 heterocycles. The van der Waals surface area contributed by atoms with Gasteiger partial charge in [-0.1, -0.05) is 54.5 Å². The van der Waals surface area contributed by atoms with Gasteiger partial charge in [0.15, 0.2) is 0 Å². The Morgan fingerprint density at radius 2 is 1.88 bits per heavy atom. The van der Waals surface area contributed by atoms with E-state index in [1.165, 1.54) is 5.56 Å². The van der Waals surface area contributed by atoms with Crippen LogP contribution >= 0.6 is 0 Å². The highest BCUT2D eigenvalue weighted by Crippen LogP contribution is 2.32. The van der Waals surface area contributed by atoms with Crippen LogP contribution in [0.15, 0.2) is 59.1 Å². The number of carbonyl (C=O) groups excluding carboxylic acids is 1. The van der Waals surface area contributed by atoms with E-state index in [0.29, 0.717) is 24.7 Å². The molecule has 2 aromatic carbocycles. The first-order chi connectivity index (χ1) is 12.2. The van der Waals surface area contributed by atoms with Crippen molar-refractivity contribution in [3.8, 4) is 11.4 Å². The molecular formula is C20H19N3O2. The van der Waals surface area contributed by atoms with Crippen LogP contribution in [0.25, 0.3) is 11.4 Å². The predicted octanol–water partition coefficient (Wildman–Crippen LogP) is 3.82. The van der Waals surface area contributed by atoms with Gasteiger partial charge in [0.1, 0.15) is 0 Å². The molecule has 1 aliphatic rings. The minimum Gasteiger partial charge on any atom is -0.339 e. The Bertz CT molecular complexity index is 871. The number of hydrogen-bond acceptors (Lipinski definition) is 4. The average Bonchev–Trinajstić information content (AvgIpc) is 3.29. The zero-order chi connectivity index (χ0) is 17.2. The molecule has 1 atom stereocenters. The Morgan fingerprint density at radius 3 is 2.60 bits per heavy atom. The van der Waals surface area contributed by atoms with Gasteiger partial charge in [0.25, 0.3) is 0 Å². The molecule has 0 N–H and O–H groups in total. The van der Waals surface area contributed by atoms with Crippen LogP contribution in [0.2, 0.25) is 0 Å². The first kappa shape index (κ1) is 15.6. The second-order valence-electron chi connectivity index (χ2n) is 6.25. The van der Waals surface area contributed by atoms with Gasteiger partial charge in [-0.05, 0) is 24.1 Å². The third kappa shape index (κ3) is 3.05.